The minimum atomic E-state index is -0.994. The molecule has 4 nitrogen and oxygen atoms in total. The second-order valence-corrected chi connectivity index (χ2v) is 3.21. The fourth-order valence-electron chi connectivity index (χ4n) is 1.38. The van der Waals surface area contributed by atoms with Gasteiger partial charge in [-0.2, -0.15) is 0 Å². The number of carboxylic acid groups (broad SMARTS) is 1. The minimum absolute atomic E-state index is 0.208. The quantitative estimate of drug-likeness (QED) is 0.752. The Labute approximate surface area is 87.5 Å². The molecule has 0 saturated heterocycles. The first-order valence-corrected chi connectivity index (χ1v) is 4.40. The second-order valence-electron chi connectivity index (χ2n) is 3.21. The molecule has 0 saturated carbocycles. The van der Waals surface area contributed by atoms with Crippen LogP contribution in [0.4, 0.5) is 0 Å². The van der Waals surface area contributed by atoms with Crippen molar-refractivity contribution in [3.63, 3.8) is 0 Å². The zero-order chi connectivity index (χ0) is 11.6. The normalized spacial score (nSPS) is 9.80. The highest BCUT2D eigenvalue weighted by Gasteiger charge is 2.15. The van der Waals surface area contributed by atoms with Crippen LogP contribution in [0, 0.1) is 13.8 Å². The summed E-state index contributed by atoms with van der Waals surface area (Å²) in [5.74, 6) is -1.44. The molecule has 0 aromatic heterocycles. The lowest BCUT2D eigenvalue weighted by Gasteiger charge is -2.09. The molecule has 1 aromatic carbocycles. The van der Waals surface area contributed by atoms with Gasteiger partial charge in [0.2, 0.25) is 0 Å². The van der Waals surface area contributed by atoms with E-state index < -0.39 is 11.9 Å². The topological polar surface area (TPSA) is 63.6 Å². The van der Waals surface area contributed by atoms with Crippen LogP contribution >= 0.6 is 0 Å². The molecule has 15 heavy (non-hydrogen) atoms. The maximum Gasteiger partial charge on any atom is 0.338 e. The van der Waals surface area contributed by atoms with Gasteiger partial charge in [0.05, 0.1) is 18.2 Å². The first kappa shape index (κ1) is 11.2. The highest BCUT2D eigenvalue weighted by molar-refractivity contribution is 5.95. The van der Waals surface area contributed by atoms with E-state index in [0.717, 1.165) is 0 Å². The summed E-state index contributed by atoms with van der Waals surface area (Å²) in [5, 5.41) is 8.86. The lowest BCUT2D eigenvalue weighted by atomic mass is 9.98. The number of esters is 1. The molecule has 0 unspecified atom stereocenters. The molecule has 1 N–H and O–H groups in total. The van der Waals surface area contributed by atoms with Crippen molar-refractivity contribution in [2.75, 3.05) is 7.11 Å². The molecular formula is C11H12O4. The van der Waals surface area contributed by atoms with Crippen molar-refractivity contribution >= 4 is 11.9 Å². The minimum Gasteiger partial charge on any atom is -0.478 e. The van der Waals surface area contributed by atoms with Crippen LogP contribution in [0.2, 0.25) is 0 Å². The van der Waals surface area contributed by atoms with Crippen LogP contribution in [0.15, 0.2) is 12.1 Å². The van der Waals surface area contributed by atoms with Gasteiger partial charge in [-0.25, -0.2) is 9.59 Å². The number of carbonyl (C=O) groups excluding carboxylic acids is 1. The Morgan fingerprint density at radius 3 is 2.07 bits per heavy atom. The highest BCUT2D eigenvalue weighted by Crippen LogP contribution is 2.18. The molecule has 1 rings (SSSR count). The van der Waals surface area contributed by atoms with Crippen LogP contribution in [-0.2, 0) is 4.74 Å². The summed E-state index contributed by atoms with van der Waals surface area (Å²) in [4.78, 5) is 22.1. The Kier molecular flexibility index (Phi) is 3.09. The molecule has 4 heteroatoms. The predicted octanol–water partition coefficient (Wildman–Crippen LogP) is 1.79. The number of rotatable bonds is 2. The summed E-state index contributed by atoms with van der Waals surface area (Å²) >= 11 is 0. The Morgan fingerprint density at radius 1 is 1.13 bits per heavy atom. The van der Waals surface area contributed by atoms with Gasteiger partial charge >= 0.3 is 11.9 Å². The number of carboxylic acids is 1. The maximum atomic E-state index is 11.3. The first-order chi connectivity index (χ1) is 6.99. The van der Waals surface area contributed by atoms with Gasteiger partial charge in [-0.3, -0.25) is 0 Å². The van der Waals surface area contributed by atoms with Gasteiger partial charge in [-0.05, 0) is 37.1 Å². The van der Waals surface area contributed by atoms with Crippen LogP contribution in [0.5, 0.6) is 0 Å². The largest absolute Gasteiger partial charge is 0.478 e. The zero-order valence-electron chi connectivity index (χ0n) is 8.83. The van der Waals surface area contributed by atoms with Crippen LogP contribution in [0.25, 0.3) is 0 Å². The summed E-state index contributed by atoms with van der Waals surface area (Å²) in [6.45, 7) is 3.37. The van der Waals surface area contributed by atoms with E-state index in [2.05, 4.69) is 4.74 Å². The first-order valence-electron chi connectivity index (χ1n) is 4.40. The van der Waals surface area contributed by atoms with Crippen molar-refractivity contribution in [2.24, 2.45) is 0 Å². The second kappa shape index (κ2) is 4.13. The van der Waals surface area contributed by atoms with Crippen molar-refractivity contribution in [3.8, 4) is 0 Å². The van der Waals surface area contributed by atoms with E-state index in [0.29, 0.717) is 16.7 Å². The van der Waals surface area contributed by atoms with E-state index in [9.17, 15) is 9.59 Å². The Bertz CT molecular complexity index is 421. The molecule has 0 aliphatic rings. The third-order valence-corrected chi connectivity index (χ3v) is 2.42. The Balaban J connectivity index is 3.33. The lowest BCUT2D eigenvalue weighted by Crippen LogP contribution is -2.08. The van der Waals surface area contributed by atoms with E-state index in [1.807, 2.05) is 0 Å². The Hall–Kier alpha value is -1.84. The average Bonchev–Trinajstić information content (AvgIpc) is 2.20. The average molecular weight is 208 g/mol. The highest BCUT2D eigenvalue weighted by atomic mass is 16.5. The molecule has 1 aromatic rings. The molecule has 0 aliphatic carbocycles. The van der Waals surface area contributed by atoms with Crippen LogP contribution < -0.4 is 0 Å². The van der Waals surface area contributed by atoms with E-state index in [1.165, 1.54) is 19.2 Å². The molecule has 0 spiro atoms. The number of ether oxygens (including phenoxy) is 1. The fraction of sp³-hybridized carbons (Fsp3) is 0.273. The smallest absolute Gasteiger partial charge is 0.338 e. The summed E-state index contributed by atoms with van der Waals surface area (Å²) in [7, 11) is 1.29. The summed E-state index contributed by atoms with van der Waals surface area (Å²) in [6, 6.07) is 2.88. The molecule has 0 atom stereocenters. The van der Waals surface area contributed by atoms with Gasteiger partial charge < -0.3 is 9.84 Å². The molecule has 0 heterocycles. The lowest BCUT2D eigenvalue weighted by molar-refractivity contribution is 0.0597. The van der Waals surface area contributed by atoms with Crippen LogP contribution in [0.1, 0.15) is 31.8 Å². The van der Waals surface area contributed by atoms with Gasteiger partial charge in [-0.15, -0.1) is 0 Å². The number of hydrogen-bond acceptors (Lipinski definition) is 3. The molecule has 80 valence electrons. The predicted molar refractivity (Wildman–Crippen MR) is 54.2 cm³/mol. The molecule has 0 fully saturated rings. The van der Waals surface area contributed by atoms with Crippen LogP contribution in [-0.4, -0.2) is 24.2 Å². The van der Waals surface area contributed by atoms with Crippen molar-refractivity contribution < 1.29 is 19.4 Å². The monoisotopic (exact) mass is 208 g/mol. The van der Waals surface area contributed by atoms with Gasteiger partial charge in [0.15, 0.2) is 0 Å². The molecule has 0 aliphatic heterocycles. The maximum absolute atomic E-state index is 11.3. The number of aromatic carboxylic acids is 1. The number of hydrogen-bond donors (Lipinski definition) is 1. The summed E-state index contributed by atoms with van der Waals surface area (Å²) in [5.41, 5.74) is 1.84. The Morgan fingerprint density at radius 2 is 1.60 bits per heavy atom. The molecule has 0 radical (unpaired) electrons. The SMILES string of the molecule is COC(=O)c1ccc(C(=O)O)c(C)c1C. The third kappa shape index (κ3) is 1.98. The van der Waals surface area contributed by atoms with Crippen molar-refractivity contribution in [2.45, 2.75) is 13.8 Å². The van der Waals surface area contributed by atoms with Gasteiger partial charge in [0.25, 0.3) is 0 Å². The third-order valence-electron chi connectivity index (χ3n) is 2.42. The van der Waals surface area contributed by atoms with E-state index >= 15 is 0 Å². The van der Waals surface area contributed by atoms with Crippen molar-refractivity contribution in [1.29, 1.82) is 0 Å². The number of methoxy groups -OCH3 is 1. The molecule has 0 bridgehead atoms. The van der Waals surface area contributed by atoms with E-state index in [4.69, 9.17) is 5.11 Å². The molecular weight excluding hydrogens is 196 g/mol. The molecule has 0 amide bonds. The van der Waals surface area contributed by atoms with E-state index in [1.54, 1.807) is 13.8 Å². The van der Waals surface area contributed by atoms with Gasteiger partial charge in [0.1, 0.15) is 0 Å². The number of carbonyl (C=O) groups is 2. The van der Waals surface area contributed by atoms with Gasteiger partial charge in [-0.1, -0.05) is 0 Å². The van der Waals surface area contributed by atoms with Crippen molar-refractivity contribution in [1.82, 2.24) is 0 Å². The zero-order valence-corrected chi connectivity index (χ0v) is 8.83. The number of benzene rings is 1. The summed E-state index contributed by atoms with van der Waals surface area (Å²) < 4.78 is 4.59. The van der Waals surface area contributed by atoms with Gasteiger partial charge in [0, 0.05) is 0 Å². The van der Waals surface area contributed by atoms with E-state index in [-0.39, 0.29) is 5.56 Å². The standard InChI is InChI=1S/C11H12O4/c1-6-7(2)9(11(14)15-3)5-4-8(6)10(12)13/h4-5H,1-3H3,(H,12,13). The fourth-order valence-corrected chi connectivity index (χ4v) is 1.38. The summed E-state index contributed by atoms with van der Waals surface area (Å²) in [6.07, 6.45) is 0. The van der Waals surface area contributed by atoms with Crippen LogP contribution in [0.3, 0.4) is 0 Å². The van der Waals surface area contributed by atoms with Crippen molar-refractivity contribution in [3.05, 3.63) is 34.4 Å².